The fourth-order valence-electron chi connectivity index (χ4n) is 6.45. The van der Waals surface area contributed by atoms with E-state index in [1.54, 1.807) is 45.0 Å². The van der Waals surface area contributed by atoms with Crippen LogP contribution in [0.2, 0.25) is 5.02 Å². The van der Waals surface area contributed by atoms with Crippen LogP contribution in [0.25, 0.3) is 0 Å². The lowest BCUT2D eigenvalue weighted by atomic mass is 9.87. The van der Waals surface area contributed by atoms with E-state index in [2.05, 4.69) is 17.0 Å². The SMILES string of the molecule is CCCCCCCCCCCCCCCCS(=O)(=O)Nc1ccc(Cl)c(NC(=O)C(Oc2ccc(S(=O)Oc3ccc(OCc4ccccc4)cc3)cc2)C(=O)C(C)(C)C)c1. The van der Waals surface area contributed by atoms with Gasteiger partial charge in [-0.2, -0.15) is 0 Å². The molecule has 0 aromatic heterocycles. The van der Waals surface area contributed by atoms with Gasteiger partial charge in [0.1, 0.15) is 23.9 Å². The molecular weight excluding hydrogens is 832 g/mol. The number of halogens is 1. The summed E-state index contributed by atoms with van der Waals surface area (Å²) in [6.45, 7) is 7.67. The molecule has 0 aliphatic heterocycles. The number of carbonyl (C=O) groups is 2. The Labute approximate surface area is 371 Å². The number of rotatable bonds is 28. The molecular formula is C48H63ClN2O8S2. The molecule has 332 valence electrons. The van der Waals surface area contributed by atoms with Crippen LogP contribution >= 0.6 is 11.6 Å². The van der Waals surface area contributed by atoms with Gasteiger partial charge in [-0.1, -0.05) is 153 Å². The summed E-state index contributed by atoms with van der Waals surface area (Å²) in [6, 6.07) is 27.0. The monoisotopic (exact) mass is 894 g/mol. The van der Waals surface area contributed by atoms with Crippen LogP contribution in [0.15, 0.2) is 102 Å². The Morgan fingerprint density at radius 2 is 1.25 bits per heavy atom. The topological polar surface area (TPSA) is 137 Å². The molecule has 2 unspecified atom stereocenters. The van der Waals surface area contributed by atoms with E-state index < -0.39 is 44.3 Å². The minimum atomic E-state index is -3.66. The minimum absolute atomic E-state index is 0.0258. The number of anilines is 2. The van der Waals surface area contributed by atoms with Crippen molar-refractivity contribution in [1.29, 1.82) is 0 Å². The molecule has 0 heterocycles. The summed E-state index contributed by atoms with van der Waals surface area (Å²) in [5, 5.41) is 2.80. The number of Topliss-reactive ketones (excluding diaryl/α,β-unsaturated/α-hetero) is 1. The Balaban J connectivity index is 1.26. The predicted molar refractivity (Wildman–Crippen MR) is 247 cm³/mol. The second-order valence-electron chi connectivity index (χ2n) is 16.3. The number of sulfonamides is 1. The Kier molecular flexibility index (Phi) is 20.6. The van der Waals surface area contributed by atoms with E-state index in [-0.39, 0.29) is 27.9 Å². The van der Waals surface area contributed by atoms with Gasteiger partial charge in [0.05, 0.1) is 27.0 Å². The molecule has 10 nitrogen and oxygen atoms in total. The zero-order chi connectivity index (χ0) is 44.1. The van der Waals surface area contributed by atoms with Gasteiger partial charge < -0.3 is 19.0 Å². The van der Waals surface area contributed by atoms with Crippen LogP contribution in [0.4, 0.5) is 11.4 Å². The molecule has 2 atom stereocenters. The van der Waals surface area contributed by atoms with E-state index in [0.717, 1.165) is 24.8 Å². The van der Waals surface area contributed by atoms with Crippen molar-refractivity contribution in [3.05, 3.63) is 108 Å². The number of carbonyl (C=O) groups excluding carboxylic acids is 2. The maximum absolute atomic E-state index is 13.7. The third-order valence-electron chi connectivity index (χ3n) is 9.99. The zero-order valence-electron chi connectivity index (χ0n) is 36.1. The van der Waals surface area contributed by atoms with Crippen molar-refractivity contribution in [3.63, 3.8) is 0 Å². The molecule has 13 heteroatoms. The first-order valence-electron chi connectivity index (χ1n) is 21.5. The Morgan fingerprint density at radius 1 is 0.705 bits per heavy atom. The van der Waals surface area contributed by atoms with Crippen LogP contribution in [0.3, 0.4) is 0 Å². The molecule has 0 spiro atoms. The number of ether oxygens (including phenoxy) is 2. The number of nitrogens with one attached hydrogen (secondary N) is 2. The highest BCUT2D eigenvalue weighted by atomic mass is 35.5. The van der Waals surface area contributed by atoms with Crippen molar-refractivity contribution < 1.29 is 35.9 Å². The zero-order valence-corrected chi connectivity index (χ0v) is 38.5. The molecule has 0 saturated heterocycles. The van der Waals surface area contributed by atoms with Gasteiger partial charge in [0.25, 0.3) is 5.91 Å². The molecule has 0 fully saturated rings. The van der Waals surface area contributed by atoms with E-state index in [4.69, 9.17) is 25.3 Å². The van der Waals surface area contributed by atoms with Crippen molar-refractivity contribution in [3.8, 4) is 17.2 Å². The van der Waals surface area contributed by atoms with E-state index >= 15 is 0 Å². The molecule has 4 aromatic carbocycles. The number of unbranched alkanes of at least 4 members (excludes halogenated alkanes) is 13. The van der Waals surface area contributed by atoms with Crippen LogP contribution in [-0.4, -0.2) is 36.2 Å². The van der Waals surface area contributed by atoms with Gasteiger partial charge in [0.2, 0.25) is 27.2 Å². The van der Waals surface area contributed by atoms with E-state index in [9.17, 15) is 22.2 Å². The number of benzene rings is 4. The number of amides is 1. The molecule has 0 bridgehead atoms. The van der Waals surface area contributed by atoms with Gasteiger partial charge in [-0.3, -0.25) is 14.3 Å². The summed E-state index contributed by atoms with van der Waals surface area (Å²) in [5.74, 6) is -0.137. The summed E-state index contributed by atoms with van der Waals surface area (Å²) in [5.41, 5.74) is 0.405. The minimum Gasteiger partial charge on any atom is -0.489 e. The maximum Gasteiger partial charge on any atom is 0.273 e. The van der Waals surface area contributed by atoms with Crippen LogP contribution in [0.1, 0.15) is 123 Å². The average molecular weight is 896 g/mol. The van der Waals surface area contributed by atoms with Crippen molar-refractivity contribution in [2.75, 3.05) is 15.8 Å². The van der Waals surface area contributed by atoms with Crippen molar-refractivity contribution in [2.24, 2.45) is 5.41 Å². The standard InChI is InChI=1S/C48H63ClN2O8S2/c1-5-6-7-8-9-10-11-12-13-14-15-16-17-21-34-61(55,56)51-38-24-33-43(49)44(35-38)50-47(53)45(46(52)48(2,3)4)58-40-29-31-42(32-30-40)60(54)59-41-27-25-39(26-28-41)57-36-37-22-19-18-20-23-37/h18-20,22-33,35,45,51H,5-17,21,34,36H2,1-4H3,(H,50,53). The molecule has 1 amide bonds. The first kappa shape index (κ1) is 49.3. The largest absolute Gasteiger partial charge is 0.489 e. The lowest BCUT2D eigenvalue weighted by molar-refractivity contribution is -0.140. The summed E-state index contributed by atoms with van der Waals surface area (Å²) in [4.78, 5) is 27.6. The number of ketones is 1. The van der Waals surface area contributed by atoms with E-state index in [1.165, 1.54) is 107 Å². The maximum atomic E-state index is 13.7. The first-order chi connectivity index (χ1) is 29.2. The number of hydrogen-bond acceptors (Lipinski definition) is 8. The highest BCUT2D eigenvalue weighted by molar-refractivity contribution is 7.92. The summed E-state index contributed by atoms with van der Waals surface area (Å²) >= 11 is 4.55. The quantitative estimate of drug-likeness (QED) is 0.0425. The second kappa shape index (κ2) is 25.5. The van der Waals surface area contributed by atoms with Crippen molar-refractivity contribution >= 4 is 55.8 Å². The molecule has 0 aliphatic rings. The van der Waals surface area contributed by atoms with Gasteiger partial charge in [0.15, 0.2) is 5.78 Å². The Morgan fingerprint density at radius 3 is 1.82 bits per heavy atom. The fraction of sp³-hybridized carbons (Fsp3) is 0.458. The summed E-state index contributed by atoms with van der Waals surface area (Å²) in [6.07, 6.45) is 14.9. The van der Waals surface area contributed by atoms with Crippen molar-refractivity contribution in [1.82, 2.24) is 0 Å². The smallest absolute Gasteiger partial charge is 0.273 e. The van der Waals surface area contributed by atoms with E-state index in [0.29, 0.717) is 29.4 Å². The molecule has 0 aliphatic carbocycles. The molecule has 2 N–H and O–H groups in total. The first-order valence-corrected chi connectivity index (χ1v) is 24.6. The normalized spacial score (nSPS) is 12.6. The molecule has 0 saturated carbocycles. The van der Waals surface area contributed by atoms with Crippen LogP contribution in [0, 0.1) is 5.41 Å². The van der Waals surface area contributed by atoms with Crippen LogP contribution in [-0.2, 0) is 37.3 Å². The summed E-state index contributed by atoms with van der Waals surface area (Å²) in [7, 11) is -3.66. The molecule has 0 radical (unpaired) electrons. The third-order valence-corrected chi connectivity index (χ3v) is 12.7. The highest BCUT2D eigenvalue weighted by Gasteiger charge is 2.37. The highest BCUT2D eigenvalue weighted by Crippen LogP contribution is 2.29. The summed E-state index contributed by atoms with van der Waals surface area (Å²) < 4.78 is 58.9. The lowest BCUT2D eigenvalue weighted by Gasteiger charge is -2.25. The van der Waals surface area contributed by atoms with Gasteiger partial charge in [-0.25, -0.2) is 12.6 Å². The van der Waals surface area contributed by atoms with Gasteiger partial charge in [0, 0.05) is 5.41 Å². The van der Waals surface area contributed by atoms with Crippen LogP contribution in [0.5, 0.6) is 17.2 Å². The van der Waals surface area contributed by atoms with E-state index in [1.807, 2.05) is 30.3 Å². The average Bonchev–Trinajstić information content (AvgIpc) is 3.23. The van der Waals surface area contributed by atoms with Gasteiger partial charge in [-0.05, 0) is 78.7 Å². The molecule has 4 aromatic rings. The number of hydrogen-bond donors (Lipinski definition) is 2. The fourth-order valence-corrected chi connectivity index (χ4v) is 8.53. The molecule has 61 heavy (non-hydrogen) atoms. The van der Waals surface area contributed by atoms with Gasteiger partial charge in [-0.15, -0.1) is 0 Å². The Bertz CT molecular complexity index is 2070. The third kappa shape index (κ3) is 18.2. The second-order valence-corrected chi connectivity index (χ2v) is 19.7. The van der Waals surface area contributed by atoms with Gasteiger partial charge >= 0.3 is 0 Å². The Hall–Kier alpha value is -4.39. The lowest BCUT2D eigenvalue weighted by Crippen LogP contribution is -2.45. The molecule has 4 rings (SSSR count). The predicted octanol–water partition coefficient (Wildman–Crippen LogP) is 12.2. The van der Waals surface area contributed by atoms with Crippen molar-refractivity contribution in [2.45, 2.75) is 135 Å². The van der Waals surface area contributed by atoms with Crippen LogP contribution < -0.4 is 23.7 Å².